The fraction of sp³-hybridized carbons (Fsp3) is 0.917. The highest BCUT2D eigenvalue weighted by atomic mass is 32.2. The van der Waals surface area contributed by atoms with Crippen molar-refractivity contribution in [3.8, 4) is 0 Å². The highest BCUT2D eigenvalue weighted by molar-refractivity contribution is 7.85. The third-order valence-corrected chi connectivity index (χ3v) is 3.43. The minimum absolute atomic E-state index is 0.0673. The van der Waals surface area contributed by atoms with Gasteiger partial charge in [0.25, 0.3) is 10.1 Å². The summed E-state index contributed by atoms with van der Waals surface area (Å²) in [6.07, 6.45) is 0.141. The number of amides is 1. The SMILES string of the molecule is CC(C)(C)OC(=O)N1CCC(COS(C)(=O)=O)C(O)C1. The molecule has 118 valence electrons. The number of aliphatic hydroxyl groups excluding tert-OH is 1. The molecule has 0 radical (unpaired) electrons. The summed E-state index contributed by atoms with van der Waals surface area (Å²) in [6.45, 7) is 5.77. The van der Waals surface area contributed by atoms with Crippen LogP contribution < -0.4 is 0 Å². The summed E-state index contributed by atoms with van der Waals surface area (Å²) in [5.74, 6) is -0.302. The largest absolute Gasteiger partial charge is 0.444 e. The molecule has 0 aromatic heterocycles. The van der Waals surface area contributed by atoms with Crippen molar-refractivity contribution in [2.75, 3.05) is 26.0 Å². The van der Waals surface area contributed by atoms with E-state index in [1.54, 1.807) is 20.8 Å². The first kappa shape index (κ1) is 17.2. The molecule has 7 nitrogen and oxygen atoms in total. The van der Waals surface area contributed by atoms with Gasteiger partial charge in [-0.3, -0.25) is 4.18 Å². The minimum atomic E-state index is -3.52. The zero-order valence-electron chi connectivity index (χ0n) is 12.3. The summed E-state index contributed by atoms with van der Waals surface area (Å²) in [5.41, 5.74) is -0.585. The Morgan fingerprint density at radius 3 is 2.45 bits per heavy atom. The smallest absolute Gasteiger partial charge is 0.410 e. The van der Waals surface area contributed by atoms with E-state index in [-0.39, 0.29) is 19.1 Å². The van der Waals surface area contributed by atoms with Gasteiger partial charge in [0, 0.05) is 12.5 Å². The first-order chi connectivity index (χ1) is 8.98. The van der Waals surface area contributed by atoms with Crippen LogP contribution in [0.5, 0.6) is 0 Å². The summed E-state index contributed by atoms with van der Waals surface area (Å²) in [4.78, 5) is 13.3. The molecule has 8 heteroatoms. The lowest BCUT2D eigenvalue weighted by molar-refractivity contribution is -0.0205. The maximum absolute atomic E-state index is 11.8. The number of likely N-dealkylation sites (tertiary alicyclic amines) is 1. The molecule has 1 saturated heterocycles. The fourth-order valence-electron chi connectivity index (χ4n) is 1.88. The van der Waals surface area contributed by atoms with Crippen LogP contribution in [0.4, 0.5) is 4.79 Å². The number of aliphatic hydroxyl groups is 1. The van der Waals surface area contributed by atoms with Crippen molar-refractivity contribution >= 4 is 16.2 Å². The van der Waals surface area contributed by atoms with Crippen molar-refractivity contribution in [2.45, 2.75) is 38.9 Å². The van der Waals surface area contributed by atoms with Crippen molar-refractivity contribution < 1.29 is 27.2 Å². The molecule has 2 atom stereocenters. The first-order valence-corrected chi connectivity index (χ1v) is 8.30. The van der Waals surface area contributed by atoms with Gasteiger partial charge in [0.05, 0.1) is 25.5 Å². The number of hydrogen-bond acceptors (Lipinski definition) is 6. The van der Waals surface area contributed by atoms with Gasteiger partial charge in [-0.25, -0.2) is 4.79 Å². The Hall–Kier alpha value is -0.860. The zero-order valence-corrected chi connectivity index (χ0v) is 13.1. The van der Waals surface area contributed by atoms with Crippen LogP contribution in [0, 0.1) is 5.92 Å². The Bertz CT molecular complexity index is 441. The van der Waals surface area contributed by atoms with E-state index in [2.05, 4.69) is 0 Å². The van der Waals surface area contributed by atoms with E-state index in [4.69, 9.17) is 8.92 Å². The second-order valence-electron chi connectivity index (χ2n) is 6.03. The Labute approximate surface area is 120 Å². The van der Waals surface area contributed by atoms with Crippen LogP contribution in [-0.2, 0) is 19.0 Å². The number of rotatable bonds is 3. The highest BCUT2D eigenvalue weighted by Crippen LogP contribution is 2.21. The van der Waals surface area contributed by atoms with E-state index in [0.29, 0.717) is 13.0 Å². The molecule has 1 amide bonds. The van der Waals surface area contributed by atoms with E-state index in [1.165, 1.54) is 4.90 Å². The predicted octanol–water partition coefficient (Wildman–Crippen LogP) is 0.580. The van der Waals surface area contributed by atoms with Crippen LogP contribution in [0.15, 0.2) is 0 Å². The third kappa shape index (κ3) is 6.06. The summed E-state index contributed by atoms with van der Waals surface area (Å²) >= 11 is 0. The maximum atomic E-state index is 11.8. The van der Waals surface area contributed by atoms with Crippen LogP contribution in [0.1, 0.15) is 27.2 Å². The van der Waals surface area contributed by atoms with Gasteiger partial charge >= 0.3 is 6.09 Å². The average Bonchev–Trinajstić information content (AvgIpc) is 2.23. The number of β-amino-alcohol motifs (C(OH)–C–C–N with tert-alkyl or cyclic N) is 1. The van der Waals surface area contributed by atoms with Crippen molar-refractivity contribution in [3.05, 3.63) is 0 Å². The maximum Gasteiger partial charge on any atom is 0.410 e. The summed E-state index contributed by atoms with van der Waals surface area (Å²) in [6, 6.07) is 0. The lowest BCUT2D eigenvalue weighted by Gasteiger charge is -2.36. The standard InChI is InChI=1S/C12H23NO6S/c1-12(2,3)19-11(15)13-6-5-9(10(14)7-13)8-18-20(4,16)17/h9-10,14H,5-8H2,1-4H3. The highest BCUT2D eigenvalue weighted by Gasteiger charge is 2.33. The topological polar surface area (TPSA) is 93.1 Å². The van der Waals surface area contributed by atoms with E-state index < -0.39 is 27.9 Å². The second kappa shape index (κ2) is 6.28. The number of carbonyl (C=O) groups excluding carboxylic acids is 1. The molecule has 1 heterocycles. The molecule has 2 unspecified atom stereocenters. The first-order valence-electron chi connectivity index (χ1n) is 6.48. The summed E-state index contributed by atoms with van der Waals surface area (Å²) < 4.78 is 31.8. The van der Waals surface area contributed by atoms with Gasteiger partial charge in [-0.1, -0.05) is 0 Å². The number of carbonyl (C=O) groups is 1. The lowest BCUT2D eigenvalue weighted by atomic mass is 9.95. The molecule has 0 aromatic carbocycles. The third-order valence-electron chi connectivity index (χ3n) is 2.87. The van der Waals surface area contributed by atoms with Crippen LogP contribution >= 0.6 is 0 Å². The molecule has 1 aliphatic rings. The average molecular weight is 309 g/mol. The van der Waals surface area contributed by atoms with Gasteiger partial charge in [0.1, 0.15) is 5.60 Å². The van der Waals surface area contributed by atoms with E-state index in [1.807, 2.05) is 0 Å². The van der Waals surface area contributed by atoms with Gasteiger partial charge in [-0.05, 0) is 27.2 Å². The number of ether oxygens (including phenoxy) is 1. The van der Waals surface area contributed by atoms with Gasteiger partial charge < -0.3 is 14.7 Å². The summed E-state index contributed by atoms with van der Waals surface area (Å²) in [5, 5.41) is 9.96. The van der Waals surface area contributed by atoms with Crippen LogP contribution in [0.25, 0.3) is 0 Å². The fourth-order valence-corrected chi connectivity index (χ4v) is 2.30. The minimum Gasteiger partial charge on any atom is -0.444 e. The number of piperidine rings is 1. The molecule has 20 heavy (non-hydrogen) atoms. The molecule has 0 aromatic rings. The molecule has 1 aliphatic heterocycles. The normalized spacial score (nSPS) is 24.6. The Kier molecular flexibility index (Phi) is 5.39. The van der Waals surface area contributed by atoms with Crippen molar-refractivity contribution in [1.82, 2.24) is 4.90 Å². The van der Waals surface area contributed by atoms with Crippen molar-refractivity contribution in [3.63, 3.8) is 0 Å². The molecule has 0 spiro atoms. The van der Waals surface area contributed by atoms with E-state index >= 15 is 0 Å². The van der Waals surface area contributed by atoms with E-state index in [0.717, 1.165) is 6.26 Å². The Morgan fingerprint density at radius 1 is 1.40 bits per heavy atom. The van der Waals surface area contributed by atoms with Gasteiger partial charge in [0.15, 0.2) is 0 Å². The predicted molar refractivity (Wildman–Crippen MR) is 72.7 cm³/mol. The van der Waals surface area contributed by atoms with Crippen LogP contribution in [-0.4, -0.2) is 62.2 Å². The molecule has 0 saturated carbocycles. The van der Waals surface area contributed by atoms with Gasteiger partial charge in [0.2, 0.25) is 0 Å². The molecule has 1 N–H and O–H groups in total. The second-order valence-corrected chi connectivity index (χ2v) is 7.68. The molecule has 0 aliphatic carbocycles. The zero-order chi connectivity index (χ0) is 15.6. The molecular weight excluding hydrogens is 286 g/mol. The monoisotopic (exact) mass is 309 g/mol. The number of nitrogens with zero attached hydrogens (tertiary/aromatic N) is 1. The van der Waals surface area contributed by atoms with Gasteiger partial charge in [-0.2, -0.15) is 8.42 Å². The Balaban J connectivity index is 2.49. The van der Waals surface area contributed by atoms with Crippen LogP contribution in [0.3, 0.4) is 0 Å². The lowest BCUT2D eigenvalue weighted by Crippen LogP contribution is -2.49. The van der Waals surface area contributed by atoms with Gasteiger partial charge in [-0.15, -0.1) is 0 Å². The van der Waals surface area contributed by atoms with Crippen LogP contribution in [0.2, 0.25) is 0 Å². The van der Waals surface area contributed by atoms with Crippen molar-refractivity contribution in [2.24, 2.45) is 5.92 Å². The molecule has 1 fully saturated rings. The quantitative estimate of drug-likeness (QED) is 0.767. The van der Waals surface area contributed by atoms with E-state index in [9.17, 15) is 18.3 Å². The van der Waals surface area contributed by atoms with Crippen molar-refractivity contribution in [1.29, 1.82) is 0 Å². The summed E-state index contributed by atoms with van der Waals surface area (Å²) in [7, 11) is -3.52. The molecule has 1 rings (SSSR count). The molecule has 0 bridgehead atoms. The molecular formula is C12H23NO6S. The Morgan fingerprint density at radius 2 is 2.00 bits per heavy atom. The number of hydrogen-bond donors (Lipinski definition) is 1.